The Balaban J connectivity index is 2.48. The van der Waals surface area contributed by atoms with Crippen molar-refractivity contribution >= 4 is 10.9 Å². The maximum absolute atomic E-state index is 9.57. The van der Waals surface area contributed by atoms with E-state index in [0.29, 0.717) is 12.8 Å². The summed E-state index contributed by atoms with van der Waals surface area (Å²) in [6, 6.07) is 8.05. The van der Waals surface area contributed by atoms with Gasteiger partial charge in [-0.25, -0.2) is 0 Å². The molecule has 0 amide bonds. The van der Waals surface area contributed by atoms with E-state index in [0.717, 1.165) is 22.2 Å². The number of aliphatic hydroxyl groups is 2. The highest BCUT2D eigenvalue weighted by Gasteiger charge is 2.14. The van der Waals surface area contributed by atoms with Crippen LogP contribution in [0.5, 0.6) is 0 Å². The molecule has 0 radical (unpaired) electrons. The van der Waals surface area contributed by atoms with Crippen LogP contribution in [0.25, 0.3) is 10.9 Å². The van der Waals surface area contributed by atoms with Crippen LogP contribution in [0.3, 0.4) is 0 Å². The molecule has 0 aliphatic carbocycles. The fraction of sp³-hybridized carbons (Fsp3) is 0.429. The summed E-state index contributed by atoms with van der Waals surface area (Å²) in [6.07, 6.45) is 0.459. The van der Waals surface area contributed by atoms with E-state index in [1.54, 1.807) is 13.8 Å². The Morgan fingerprint density at radius 3 is 2.35 bits per heavy atom. The molecule has 2 aromatic rings. The van der Waals surface area contributed by atoms with E-state index in [1.165, 1.54) is 0 Å². The zero-order valence-corrected chi connectivity index (χ0v) is 10.3. The number of fused-ring (bicyclic) bond motifs is 1. The third-order valence-electron chi connectivity index (χ3n) is 2.90. The molecule has 0 saturated carbocycles. The van der Waals surface area contributed by atoms with Crippen LogP contribution in [0, 0.1) is 0 Å². The predicted octanol–water partition coefficient (Wildman–Crippen LogP) is 2.01. The van der Waals surface area contributed by atoms with E-state index in [-0.39, 0.29) is 12.2 Å². The molecule has 3 heteroatoms. The Labute approximate surface area is 101 Å². The Bertz CT molecular complexity index is 500. The van der Waals surface area contributed by atoms with E-state index in [4.69, 9.17) is 0 Å². The van der Waals surface area contributed by atoms with Crippen LogP contribution in [-0.4, -0.2) is 27.4 Å². The van der Waals surface area contributed by atoms with Crippen LogP contribution in [0.2, 0.25) is 0 Å². The van der Waals surface area contributed by atoms with E-state index in [2.05, 4.69) is 11.1 Å². The number of rotatable bonds is 4. The second-order valence-electron chi connectivity index (χ2n) is 4.73. The summed E-state index contributed by atoms with van der Waals surface area (Å²) in [6.45, 7) is 3.56. The molecule has 17 heavy (non-hydrogen) atoms. The lowest BCUT2D eigenvalue weighted by atomic mass is 10.0. The van der Waals surface area contributed by atoms with Crippen molar-refractivity contribution in [3.05, 3.63) is 35.5 Å². The summed E-state index contributed by atoms with van der Waals surface area (Å²) >= 11 is 0. The van der Waals surface area contributed by atoms with Gasteiger partial charge in [-0.3, -0.25) is 0 Å². The van der Waals surface area contributed by atoms with Gasteiger partial charge >= 0.3 is 0 Å². The fourth-order valence-electron chi connectivity index (χ4n) is 2.25. The molecule has 0 aliphatic rings. The number of benzene rings is 1. The molecule has 0 aliphatic heterocycles. The van der Waals surface area contributed by atoms with Crippen LogP contribution >= 0.6 is 0 Å². The topological polar surface area (TPSA) is 56.2 Å². The Hall–Kier alpha value is -1.32. The van der Waals surface area contributed by atoms with Crippen molar-refractivity contribution in [2.24, 2.45) is 0 Å². The van der Waals surface area contributed by atoms with Crippen molar-refractivity contribution in [1.82, 2.24) is 4.98 Å². The first kappa shape index (κ1) is 12.1. The molecule has 92 valence electrons. The van der Waals surface area contributed by atoms with E-state index in [1.807, 2.05) is 18.2 Å². The summed E-state index contributed by atoms with van der Waals surface area (Å²) in [4.78, 5) is 3.33. The van der Waals surface area contributed by atoms with Crippen molar-refractivity contribution in [3.63, 3.8) is 0 Å². The second kappa shape index (κ2) is 4.90. The van der Waals surface area contributed by atoms with Crippen LogP contribution in [-0.2, 0) is 12.8 Å². The first-order valence-corrected chi connectivity index (χ1v) is 6.02. The molecule has 0 spiro atoms. The molecule has 0 bridgehead atoms. The Morgan fingerprint density at radius 2 is 1.71 bits per heavy atom. The van der Waals surface area contributed by atoms with Crippen molar-refractivity contribution in [1.29, 1.82) is 0 Å². The zero-order valence-electron chi connectivity index (χ0n) is 10.3. The number of nitrogens with one attached hydrogen (secondary N) is 1. The number of hydrogen-bond acceptors (Lipinski definition) is 2. The van der Waals surface area contributed by atoms with Crippen molar-refractivity contribution < 1.29 is 10.2 Å². The highest BCUT2D eigenvalue weighted by atomic mass is 16.3. The standard InChI is InChI=1S/C14H19NO2/c1-9(16)7-12-11-5-3-4-6-13(11)15-14(12)8-10(2)17/h3-6,9-10,15-17H,7-8H2,1-2H3. The lowest BCUT2D eigenvalue weighted by Crippen LogP contribution is -2.10. The van der Waals surface area contributed by atoms with E-state index < -0.39 is 0 Å². The number of aliphatic hydroxyl groups excluding tert-OH is 2. The van der Waals surface area contributed by atoms with Gasteiger partial charge in [-0.2, -0.15) is 0 Å². The summed E-state index contributed by atoms with van der Waals surface area (Å²) < 4.78 is 0. The lowest BCUT2D eigenvalue weighted by molar-refractivity contribution is 0.188. The van der Waals surface area contributed by atoms with Crippen LogP contribution in [0.4, 0.5) is 0 Å². The zero-order chi connectivity index (χ0) is 12.4. The molecular formula is C14H19NO2. The largest absolute Gasteiger partial charge is 0.393 e. The SMILES string of the molecule is CC(O)Cc1[nH]c2ccccc2c1CC(C)O. The van der Waals surface area contributed by atoms with Gasteiger partial charge in [0.05, 0.1) is 12.2 Å². The average Bonchev–Trinajstić information content (AvgIpc) is 2.55. The van der Waals surface area contributed by atoms with Gasteiger partial charge in [0, 0.05) is 29.4 Å². The summed E-state index contributed by atoms with van der Waals surface area (Å²) in [5, 5.41) is 20.2. The van der Waals surface area contributed by atoms with Crippen LogP contribution < -0.4 is 0 Å². The number of aromatic nitrogens is 1. The van der Waals surface area contributed by atoms with Gasteiger partial charge in [0.15, 0.2) is 0 Å². The highest BCUT2D eigenvalue weighted by Crippen LogP contribution is 2.24. The molecule has 2 rings (SSSR count). The fourth-order valence-corrected chi connectivity index (χ4v) is 2.25. The smallest absolute Gasteiger partial charge is 0.0566 e. The molecule has 1 aromatic carbocycles. The summed E-state index contributed by atoms with van der Waals surface area (Å²) in [7, 11) is 0. The van der Waals surface area contributed by atoms with Gasteiger partial charge in [0.2, 0.25) is 0 Å². The quantitative estimate of drug-likeness (QED) is 0.756. The molecule has 2 atom stereocenters. The van der Waals surface area contributed by atoms with Gasteiger partial charge in [-0.1, -0.05) is 18.2 Å². The van der Waals surface area contributed by atoms with Gasteiger partial charge in [-0.15, -0.1) is 0 Å². The molecular weight excluding hydrogens is 214 g/mol. The number of H-pyrrole nitrogens is 1. The second-order valence-corrected chi connectivity index (χ2v) is 4.73. The molecule has 1 aromatic heterocycles. The van der Waals surface area contributed by atoms with Crippen molar-refractivity contribution in [3.8, 4) is 0 Å². The average molecular weight is 233 g/mol. The minimum atomic E-state index is -0.379. The van der Waals surface area contributed by atoms with Crippen LogP contribution in [0.15, 0.2) is 24.3 Å². The summed E-state index contributed by atoms with van der Waals surface area (Å²) in [5.41, 5.74) is 3.22. The van der Waals surface area contributed by atoms with Gasteiger partial charge in [-0.05, 0) is 25.5 Å². The van der Waals surface area contributed by atoms with E-state index >= 15 is 0 Å². The number of para-hydroxylation sites is 1. The van der Waals surface area contributed by atoms with Gasteiger partial charge in [0.25, 0.3) is 0 Å². The van der Waals surface area contributed by atoms with Gasteiger partial charge in [0.1, 0.15) is 0 Å². The molecule has 2 unspecified atom stereocenters. The Kier molecular flexibility index (Phi) is 3.50. The molecule has 3 nitrogen and oxygen atoms in total. The number of hydrogen-bond donors (Lipinski definition) is 3. The van der Waals surface area contributed by atoms with Gasteiger partial charge < -0.3 is 15.2 Å². The monoisotopic (exact) mass is 233 g/mol. The predicted molar refractivity (Wildman–Crippen MR) is 69.1 cm³/mol. The normalized spacial score (nSPS) is 15.1. The first-order chi connectivity index (χ1) is 8.08. The molecule has 0 saturated heterocycles. The van der Waals surface area contributed by atoms with Crippen LogP contribution in [0.1, 0.15) is 25.1 Å². The van der Waals surface area contributed by atoms with Crippen molar-refractivity contribution in [2.45, 2.75) is 38.9 Å². The maximum atomic E-state index is 9.57. The third-order valence-corrected chi connectivity index (χ3v) is 2.90. The minimum absolute atomic E-state index is 0.373. The molecule has 1 heterocycles. The highest BCUT2D eigenvalue weighted by molar-refractivity contribution is 5.84. The molecule has 0 fully saturated rings. The Morgan fingerprint density at radius 1 is 1.06 bits per heavy atom. The maximum Gasteiger partial charge on any atom is 0.0566 e. The summed E-state index contributed by atoms with van der Waals surface area (Å²) in [5.74, 6) is 0. The lowest BCUT2D eigenvalue weighted by Gasteiger charge is -2.08. The van der Waals surface area contributed by atoms with E-state index in [9.17, 15) is 10.2 Å². The third kappa shape index (κ3) is 2.68. The minimum Gasteiger partial charge on any atom is -0.393 e. The molecule has 3 N–H and O–H groups in total. The first-order valence-electron chi connectivity index (χ1n) is 6.02. The van der Waals surface area contributed by atoms with Crippen molar-refractivity contribution in [2.75, 3.05) is 0 Å². The number of aromatic amines is 1.